The summed E-state index contributed by atoms with van der Waals surface area (Å²) in [5, 5.41) is 8.86. The van der Waals surface area contributed by atoms with E-state index in [1.54, 1.807) is 0 Å². The third-order valence-corrected chi connectivity index (χ3v) is 11.6. The Hall–Kier alpha value is -1.06. The van der Waals surface area contributed by atoms with Crippen LogP contribution in [0.5, 0.6) is 0 Å². The second kappa shape index (κ2) is 45.3. The van der Waals surface area contributed by atoms with Crippen molar-refractivity contribution in [3.05, 3.63) is 0 Å². The summed E-state index contributed by atoms with van der Waals surface area (Å²) in [4.78, 5) is 23.5. The van der Waals surface area contributed by atoms with Gasteiger partial charge < -0.3 is 9.84 Å². The van der Waals surface area contributed by atoms with Gasteiger partial charge in [-0.3, -0.25) is 9.59 Å². The van der Waals surface area contributed by atoms with Gasteiger partial charge in [-0.2, -0.15) is 0 Å². The molecule has 0 aliphatic rings. The number of ether oxygens (including phenoxy) is 1. The number of carbonyl (C=O) groups excluding carboxylic acids is 1. The molecule has 316 valence electrons. The zero-order valence-electron chi connectivity index (χ0n) is 36.4. The van der Waals surface area contributed by atoms with Crippen molar-refractivity contribution < 1.29 is 19.4 Å². The van der Waals surface area contributed by atoms with E-state index in [4.69, 9.17) is 9.84 Å². The van der Waals surface area contributed by atoms with Gasteiger partial charge in [0.15, 0.2) is 0 Å². The molecule has 1 N–H and O–H groups in total. The smallest absolute Gasteiger partial charge is 0.306 e. The zero-order valence-corrected chi connectivity index (χ0v) is 36.4. The predicted octanol–water partition coefficient (Wildman–Crippen LogP) is 17.2. The van der Waals surface area contributed by atoms with Crippen LogP contribution in [0.2, 0.25) is 0 Å². The lowest BCUT2D eigenvalue weighted by atomic mass is 10.0. The molecule has 1 unspecified atom stereocenters. The van der Waals surface area contributed by atoms with Crippen LogP contribution in [0, 0.1) is 0 Å². The van der Waals surface area contributed by atoms with Crippen LogP contribution in [0.15, 0.2) is 0 Å². The molecule has 1 atom stereocenters. The largest absolute Gasteiger partial charge is 0.481 e. The van der Waals surface area contributed by atoms with Crippen LogP contribution < -0.4 is 0 Å². The van der Waals surface area contributed by atoms with E-state index in [9.17, 15) is 9.59 Å². The molecule has 4 nitrogen and oxygen atoms in total. The highest BCUT2D eigenvalue weighted by Crippen LogP contribution is 2.20. The average molecular weight is 749 g/mol. The fourth-order valence-electron chi connectivity index (χ4n) is 7.95. The van der Waals surface area contributed by atoms with E-state index in [1.807, 2.05) is 0 Å². The Morgan fingerprint density at radius 2 is 0.566 bits per heavy atom. The van der Waals surface area contributed by atoms with Crippen LogP contribution >= 0.6 is 0 Å². The lowest BCUT2D eigenvalue weighted by molar-refractivity contribution is -0.150. The molecule has 0 saturated carbocycles. The molecule has 0 aromatic heterocycles. The topological polar surface area (TPSA) is 63.6 Å². The van der Waals surface area contributed by atoms with Gasteiger partial charge in [0.25, 0.3) is 0 Å². The Labute approximate surface area is 332 Å². The predicted molar refractivity (Wildman–Crippen MR) is 232 cm³/mol. The minimum atomic E-state index is -0.694. The molecule has 0 bridgehead atoms. The van der Waals surface area contributed by atoms with Crippen molar-refractivity contribution in [1.82, 2.24) is 0 Å². The number of carboxylic acids is 1. The van der Waals surface area contributed by atoms with Gasteiger partial charge in [0.05, 0.1) is 0 Å². The molecule has 0 aromatic rings. The van der Waals surface area contributed by atoms with Crippen LogP contribution in [0.3, 0.4) is 0 Å². The fourth-order valence-corrected chi connectivity index (χ4v) is 7.95. The fraction of sp³-hybridized carbons (Fsp3) is 0.959. The van der Waals surface area contributed by atoms with E-state index in [1.165, 1.54) is 205 Å². The van der Waals surface area contributed by atoms with Crippen molar-refractivity contribution >= 4 is 11.9 Å². The Morgan fingerprint density at radius 3 is 0.830 bits per heavy atom. The molecule has 53 heavy (non-hydrogen) atoms. The molecule has 0 spiro atoms. The van der Waals surface area contributed by atoms with Crippen molar-refractivity contribution in [2.24, 2.45) is 0 Å². The maximum atomic E-state index is 12.8. The van der Waals surface area contributed by atoms with E-state index < -0.39 is 5.97 Å². The van der Waals surface area contributed by atoms with Gasteiger partial charge in [-0.15, -0.1) is 0 Å². The number of hydrogen-bond acceptors (Lipinski definition) is 3. The number of unbranched alkanes of at least 4 members (excludes halogenated alkanes) is 37. The first kappa shape index (κ1) is 51.9. The van der Waals surface area contributed by atoms with Gasteiger partial charge in [-0.05, 0) is 38.5 Å². The SMILES string of the molecule is CCCCCCCCCCCCCCCCCCCCCC(=O)OC(CCCCCCCCCCCCCCCCCC)CCCCCCCC(=O)O. The van der Waals surface area contributed by atoms with Gasteiger partial charge in [-0.25, -0.2) is 0 Å². The van der Waals surface area contributed by atoms with Gasteiger partial charge in [0, 0.05) is 12.8 Å². The number of aliphatic carboxylic acids is 1. The summed E-state index contributed by atoms with van der Waals surface area (Å²) >= 11 is 0. The maximum absolute atomic E-state index is 12.8. The molecule has 0 aliphatic carbocycles. The van der Waals surface area contributed by atoms with E-state index in [2.05, 4.69) is 13.8 Å². The summed E-state index contributed by atoms with van der Waals surface area (Å²) in [6.07, 6.45) is 55.8. The Morgan fingerprint density at radius 1 is 0.340 bits per heavy atom. The second-order valence-corrected chi connectivity index (χ2v) is 17.0. The van der Waals surface area contributed by atoms with Crippen molar-refractivity contribution in [2.45, 2.75) is 302 Å². The quantitative estimate of drug-likeness (QED) is 0.0497. The molecule has 4 heteroatoms. The van der Waals surface area contributed by atoms with E-state index >= 15 is 0 Å². The highest BCUT2D eigenvalue weighted by Gasteiger charge is 2.14. The number of carbonyl (C=O) groups is 2. The second-order valence-electron chi connectivity index (χ2n) is 17.0. The molecule has 0 fully saturated rings. The normalized spacial score (nSPS) is 12.0. The minimum absolute atomic E-state index is 0.0138. The maximum Gasteiger partial charge on any atom is 0.306 e. The first-order valence-electron chi connectivity index (χ1n) is 24.5. The molecule has 0 radical (unpaired) electrons. The Balaban J connectivity index is 3.90. The van der Waals surface area contributed by atoms with Crippen molar-refractivity contribution in [2.75, 3.05) is 0 Å². The first-order chi connectivity index (χ1) is 26.1. The summed E-state index contributed by atoms with van der Waals surface area (Å²) in [5.41, 5.74) is 0. The molecular formula is C49H96O4. The highest BCUT2D eigenvalue weighted by molar-refractivity contribution is 5.69. The molecule has 0 heterocycles. The average Bonchev–Trinajstić information content (AvgIpc) is 3.14. The zero-order chi connectivity index (χ0) is 38.6. The van der Waals surface area contributed by atoms with Gasteiger partial charge in [0.1, 0.15) is 6.10 Å². The summed E-state index contributed by atoms with van der Waals surface area (Å²) in [5.74, 6) is -0.680. The summed E-state index contributed by atoms with van der Waals surface area (Å²) < 4.78 is 6.05. The van der Waals surface area contributed by atoms with Crippen LogP contribution in [-0.2, 0) is 14.3 Å². The third kappa shape index (κ3) is 45.2. The Bertz CT molecular complexity index is 721. The van der Waals surface area contributed by atoms with Crippen LogP contribution in [-0.4, -0.2) is 23.1 Å². The van der Waals surface area contributed by atoms with Gasteiger partial charge >= 0.3 is 11.9 Å². The van der Waals surface area contributed by atoms with Crippen LogP contribution in [0.1, 0.15) is 296 Å². The number of carboxylic acid groups (broad SMARTS) is 1. The first-order valence-corrected chi connectivity index (χ1v) is 24.5. The molecule has 0 rings (SSSR count). The van der Waals surface area contributed by atoms with Crippen molar-refractivity contribution in [1.29, 1.82) is 0 Å². The monoisotopic (exact) mass is 749 g/mol. The molecule has 0 saturated heterocycles. The van der Waals surface area contributed by atoms with E-state index in [-0.39, 0.29) is 18.5 Å². The standard InChI is InChI=1S/C49H96O4/c1-3-5-7-9-11-13-15-17-19-21-22-23-25-27-29-31-33-38-42-46-49(52)53-47(44-40-36-34-37-41-45-48(50)51)43-39-35-32-30-28-26-24-20-18-16-14-12-10-8-6-4-2/h47H,3-46H2,1-2H3,(H,50,51). The molecule has 0 aromatic carbocycles. The van der Waals surface area contributed by atoms with E-state index in [0.29, 0.717) is 6.42 Å². The lowest BCUT2D eigenvalue weighted by Gasteiger charge is -2.18. The number of esters is 1. The summed E-state index contributed by atoms with van der Waals surface area (Å²) in [6, 6.07) is 0. The van der Waals surface area contributed by atoms with Crippen LogP contribution in [0.25, 0.3) is 0 Å². The van der Waals surface area contributed by atoms with Crippen molar-refractivity contribution in [3.63, 3.8) is 0 Å². The number of hydrogen-bond donors (Lipinski definition) is 1. The summed E-state index contributed by atoms with van der Waals surface area (Å²) in [6.45, 7) is 4.58. The highest BCUT2D eigenvalue weighted by atomic mass is 16.5. The number of rotatable bonds is 46. The van der Waals surface area contributed by atoms with Crippen molar-refractivity contribution in [3.8, 4) is 0 Å². The minimum Gasteiger partial charge on any atom is -0.481 e. The van der Waals surface area contributed by atoms with Gasteiger partial charge in [-0.1, -0.05) is 245 Å². The molecule has 0 aliphatic heterocycles. The van der Waals surface area contributed by atoms with Gasteiger partial charge in [0.2, 0.25) is 0 Å². The third-order valence-electron chi connectivity index (χ3n) is 11.6. The lowest BCUT2D eigenvalue weighted by Crippen LogP contribution is -2.18. The molecule has 0 amide bonds. The Kier molecular flexibility index (Phi) is 44.4. The van der Waals surface area contributed by atoms with Crippen LogP contribution in [0.4, 0.5) is 0 Å². The molecular weight excluding hydrogens is 653 g/mol. The van der Waals surface area contributed by atoms with E-state index in [0.717, 1.165) is 64.2 Å². The summed E-state index contributed by atoms with van der Waals surface area (Å²) in [7, 11) is 0.